The van der Waals surface area contributed by atoms with Crippen LogP contribution in [0.25, 0.3) is 0 Å². The lowest BCUT2D eigenvalue weighted by Crippen LogP contribution is -2.42. The summed E-state index contributed by atoms with van der Waals surface area (Å²) in [4.78, 5) is 0. The third-order valence-electron chi connectivity index (χ3n) is 2.47. The van der Waals surface area contributed by atoms with E-state index in [1.165, 1.54) is 6.42 Å². The summed E-state index contributed by atoms with van der Waals surface area (Å²) in [5.41, 5.74) is 2.07. The molecule has 0 bridgehead atoms. The minimum Gasteiger partial charge on any atom is -0.313 e. The molecule has 1 aromatic heterocycles. The van der Waals surface area contributed by atoms with Crippen molar-refractivity contribution in [1.82, 2.24) is 15.5 Å². The normalized spacial score (nSPS) is 14.1. The van der Waals surface area contributed by atoms with Gasteiger partial charge >= 0.3 is 0 Å². The van der Waals surface area contributed by atoms with E-state index in [4.69, 9.17) is 0 Å². The first-order valence-corrected chi connectivity index (χ1v) is 6.40. The minimum atomic E-state index is 0.265. The maximum Gasteiger partial charge on any atom is 0.118 e. The molecule has 1 atom stereocenters. The summed E-state index contributed by atoms with van der Waals surface area (Å²) in [5.74, 6) is 0. The Morgan fingerprint density at radius 3 is 2.67 bits per heavy atom. The number of nitrogens with one attached hydrogen (secondary N) is 1. The molecule has 1 heterocycles. The van der Waals surface area contributed by atoms with Crippen LogP contribution < -0.4 is 5.32 Å². The molecule has 0 saturated heterocycles. The van der Waals surface area contributed by atoms with Crippen LogP contribution in [0.5, 0.6) is 0 Å². The van der Waals surface area contributed by atoms with Gasteiger partial charge < -0.3 is 5.32 Å². The smallest absolute Gasteiger partial charge is 0.118 e. The quantitative estimate of drug-likeness (QED) is 0.840. The van der Waals surface area contributed by atoms with Crippen molar-refractivity contribution < 1.29 is 0 Å². The molecule has 0 radical (unpaired) electrons. The van der Waals surface area contributed by atoms with Crippen molar-refractivity contribution >= 4 is 11.3 Å². The van der Waals surface area contributed by atoms with Gasteiger partial charge in [0.05, 0.1) is 0 Å². The second-order valence-corrected chi connectivity index (χ2v) is 5.83. The summed E-state index contributed by atoms with van der Waals surface area (Å²) in [5, 5.41) is 12.7. The summed E-state index contributed by atoms with van der Waals surface area (Å²) in [6.07, 6.45) is 2.15. The van der Waals surface area contributed by atoms with Crippen molar-refractivity contribution in [3.63, 3.8) is 0 Å². The van der Waals surface area contributed by atoms with Crippen LogP contribution in [0.15, 0.2) is 5.51 Å². The number of nitrogens with zero attached hydrogens (tertiary/aromatic N) is 2. The second kappa shape index (κ2) is 5.56. The van der Waals surface area contributed by atoms with Gasteiger partial charge in [-0.2, -0.15) is 0 Å². The van der Waals surface area contributed by atoms with Crippen molar-refractivity contribution in [2.75, 3.05) is 6.54 Å². The van der Waals surface area contributed by atoms with Gasteiger partial charge in [0, 0.05) is 12.5 Å². The highest BCUT2D eigenvalue weighted by atomic mass is 32.1. The first kappa shape index (κ1) is 12.6. The Morgan fingerprint density at radius 2 is 2.20 bits per heavy atom. The lowest BCUT2D eigenvalue weighted by Gasteiger charge is -2.31. The fourth-order valence-electron chi connectivity index (χ4n) is 1.46. The van der Waals surface area contributed by atoms with Crippen molar-refractivity contribution in [2.24, 2.45) is 5.41 Å². The molecule has 0 aliphatic heterocycles. The predicted molar refractivity (Wildman–Crippen MR) is 65.1 cm³/mol. The van der Waals surface area contributed by atoms with Gasteiger partial charge in [0.15, 0.2) is 0 Å². The molecule has 1 rings (SSSR count). The molecule has 1 N–H and O–H groups in total. The van der Waals surface area contributed by atoms with E-state index in [1.54, 1.807) is 16.8 Å². The van der Waals surface area contributed by atoms with Gasteiger partial charge in [-0.3, -0.25) is 0 Å². The van der Waals surface area contributed by atoms with Crippen molar-refractivity contribution in [2.45, 2.75) is 46.6 Å². The van der Waals surface area contributed by atoms with E-state index in [0.29, 0.717) is 6.04 Å². The number of rotatable bonds is 5. The average Bonchev–Trinajstić information content (AvgIpc) is 2.62. The molecule has 0 spiro atoms. The molecular weight excluding hydrogens is 206 g/mol. The van der Waals surface area contributed by atoms with E-state index in [1.807, 2.05) is 0 Å². The van der Waals surface area contributed by atoms with Gasteiger partial charge in [0.25, 0.3) is 0 Å². The summed E-state index contributed by atoms with van der Waals surface area (Å²) in [7, 11) is 0. The molecule has 3 nitrogen and oxygen atoms in total. The molecule has 0 aliphatic rings. The van der Waals surface area contributed by atoms with Gasteiger partial charge in [-0.15, -0.1) is 21.5 Å². The predicted octanol–water partition coefficient (Wildman–Crippen LogP) is 2.49. The van der Waals surface area contributed by atoms with Crippen molar-refractivity contribution in [3.8, 4) is 0 Å². The average molecular weight is 227 g/mol. The Balaban J connectivity index is 2.57. The lowest BCUT2D eigenvalue weighted by atomic mass is 9.85. The molecule has 0 aromatic carbocycles. The number of aromatic nitrogens is 2. The third-order valence-corrected chi connectivity index (χ3v) is 3.19. The van der Waals surface area contributed by atoms with Gasteiger partial charge in [0.2, 0.25) is 0 Å². The molecule has 1 unspecified atom stereocenters. The first-order valence-electron chi connectivity index (χ1n) is 5.52. The fourth-order valence-corrected chi connectivity index (χ4v) is 2.04. The summed E-state index contributed by atoms with van der Waals surface area (Å²) in [6, 6.07) is 0.477. The van der Waals surface area contributed by atoms with Gasteiger partial charge in [-0.25, -0.2) is 0 Å². The third kappa shape index (κ3) is 4.26. The van der Waals surface area contributed by atoms with E-state index >= 15 is 0 Å². The van der Waals surface area contributed by atoms with Gasteiger partial charge in [0.1, 0.15) is 10.5 Å². The molecule has 0 amide bonds. The lowest BCUT2D eigenvalue weighted by molar-refractivity contribution is 0.266. The minimum absolute atomic E-state index is 0.265. The molecule has 0 aliphatic carbocycles. The monoisotopic (exact) mass is 227 g/mol. The maximum atomic E-state index is 4.11. The van der Waals surface area contributed by atoms with Crippen LogP contribution in [0.4, 0.5) is 0 Å². The van der Waals surface area contributed by atoms with Gasteiger partial charge in [-0.05, 0) is 18.4 Å². The molecule has 1 aromatic rings. The Hall–Kier alpha value is -0.480. The number of hydrogen-bond donors (Lipinski definition) is 1. The zero-order valence-corrected chi connectivity index (χ0v) is 10.9. The summed E-state index contributed by atoms with van der Waals surface area (Å²) in [6.45, 7) is 10.1. The van der Waals surface area contributed by atoms with Crippen molar-refractivity contribution in [3.05, 3.63) is 10.5 Å². The first-order chi connectivity index (χ1) is 7.04. The van der Waals surface area contributed by atoms with Crippen LogP contribution in [0.3, 0.4) is 0 Å². The van der Waals surface area contributed by atoms with E-state index in [9.17, 15) is 0 Å². The van der Waals surface area contributed by atoms with E-state index in [-0.39, 0.29) is 5.41 Å². The highest BCUT2D eigenvalue weighted by molar-refractivity contribution is 7.09. The topological polar surface area (TPSA) is 37.8 Å². The standard InChI is InChI=1S/C11H21N3S/c1-5-6-12-9(11(2,3)4)7-10-14-13-8-15-10/h8-9,12H,5-7H2,1-4H3. The highest BCUT2D eigenvalue weighted by Crippen LogP contribution is 2.23. The summed E-state index contributed by atoms with van der Waals surface area (Å²) >= 11 is 1.64. The Bertz CT molecular complexity index is 264. The zero-order valence-electron chi connectivity index (χ0n) is 10.1. The Kier molecular flexibility index (Phi) is 4.67. The SMILES string of the molecule is CCCNC(Cc1nncs1)C(C)(C)C. The molecule has 0 fully saturated rings. The van der Waals surface area contributed by atoms with Crippen LogP contribution in [0, 0.1) is 5.41 Å². The van der Waals surface area contributed by atoms with Crippen LogP contribution >= 0.6 is 11.3 Å². The molecule has 15 heavy (non-hydrogen) atoms. The number of hydrogen-bond acceptors (Lipinski definition) is 4. The van der Waals surface area contributed by atoms with Crippen LogP contribution in [0.1, 0.15) is 39.1 Å². The molecular formula is C11H21N3S. The fraction of sp³-hybridized carbons (Fsp3) is 0.818. The molecule has 0 saturated carbocycles. The summed E-state index contributed by atoms with van der Waals surface area (Å²) < 4.78 is 0. The zero-order chi connectivity index (χ0) is 11.3. The Morgan fingerprint density at radius 1 is 1.47 bits per heavy atom. The van der Waals surface area contributed by atoms with Crippen LogP contribution in [-0.4, -0.2) is 22.8 Å². The largest absolute Gasteiger partial charge is 0.313 e. The van der Waals surface area contributed by atoms with Gasteiger partial charge in [-0.1, -0.05) is 27.7 Å². The second-order valence-electron chi connectivity index (χ2n) is 4.91. The maximum absolute atomic E-state index is 4.11. The van der Waals surface area contributed by atoms with E-state index in [2.05, 4.69) is 43.2 Å². The van der Waals surface area contributed by atoms with E-state index < -0.39 is 0 Å². The van der Waals surface area contributed by atoms with Crippen LogP contribution in [-0.2, 0) is 6.42 Å². The molecule has 4 heteroatoms. The highest BCUT2D eigenvalue weighted by Gasteiger charge is 2.24. The van der Waals surface area contributed by atoms with E-state index in [0.717, 1.165) is 18.0 Å². The Labute approximate surface area is 96.3 Å². The molecule has 86 valence electrons. The van der Waals surface area contributed by atoms with Crippen molar-refractivity contribution in [1.29, 1.82) is 0 Å². The van der Waals surface area contributed by atoms with Crippen LogP contribution in [0.2, 0.25) is 0 Å².